The third kappa shape index (κ3) is 3.19. The zero-order chi connectivity index (χ0) is 23.6. The number of amides is 1. The van der Waals surface area contributed by atoms with Gasteiger partial charge < -0.3 is 15.5 Å². The highest BCUT2D eigenvalue weighted by Gasteiger charge is 2.68. The first-order chi connectivity index (χ1) is 15.6. The first-order valence-corrected chi connectivity index (χ1v) is 12.3. The lowest BCUT2D eigenvalue weighted by Crippen LogP contribution is -2.63. The number of fused-ring (bicyclic) bond motifs is 5. The summed E-state index contributed by atoms with van der Waals surface area (Å²) in [7, 11) is 0. The lowest BCUT2D eigenvalue weighted by molar-refractivity contribution is -0.178. The molecule has 4 aliphatic carbocycles. The third-order valence-corrected chi connectivity index (χ3v) is 9.67. The van der Waals surface area contributed by atoms with E-state index < -0.39 is 17.1 Å². The van der Waals surface area contributed by atoms with E-state index in [1.54, 1.807) is 12.2 Å². The quantitative estimate of drug-likeness (QED) is 0.654. The Morgan fingerprint density at radius 3 is 2.64 bits per heavy atom. The highest BCUT2D eigenvalue weighted by atomic mass is 16.3. The minimum Gasteiger partial charge on any atom is -0.393 e. The number of aliphatic hydroxyl groups excluding tert-OH is 1. The average Bonchev–Trinajstić information content (AvgIpc) is 3.06. The highest BCUT2D eigenvalue weighted by Crippen LogP contribution is 2.67. The Labute approximate surface area is 196 Å². The molecule has 5 nitrogen and oxygen atoms in total. The molecule has 4 aliphatic rings. The molecule has 5 rings (SSSR count). The molecule has 8 atom stereocenters. The molecule has 0 radical (unpaired) electrons. The van der Waals surface area contributed by atoms with E-state index in [0.717, 1.165) is 30.4 Å². The highest BCUT2D eigenvalue weighted by molar-refractivity contribution is 6.01. The lowest BCUT2D eigenvalue weighted by Gasteiger charge is -2.59. The minimum absolute atomic E-state index is 0.00595. The SMILES string of the molecule is C[C@H](NC(=O)[C@@]1(O)CCC2C3CCC4=CC(=O)C=CC4(C)C3[C@@H](O)CC21C)c1ccccc1. The molecule has 3 saturated carbocycles. The molecule has 0 bridgehead atoms. The van der Waals surface area contributed by atoms with Gasteiger partial charge in [-0.25, -0.2) is 0 Å². The van der Waals surface area contributed by atoms with Crippen molar-refractivity contribution in [2.45, 2.75) is 70.6 Å². The van der Waals surface area contributed by atoms with Gasteiger partial charge in [0.25, 0.3) is 5.91 Å². The fraction of sp³-hybridized carbons (Fsp3) is 0.571. The van der Waals surface area contributed by atoms with Crippen LogP contribution in [-0.4, -0.2) is 33.6 Å². The number of carbonyl (C=O) groups excluding carboxylic acids is 2. The van der Waals surface area contributed by atoms with Gasteiger partial charge in [-0.2, -0.15) is 0 Å². The Balaban J connectivity index is 1.43. The molecule has 1 amide bonds. The van der Waals surface area contributed by atoms with Crippen LogP contribution in [0.3, 0.4) is 0 Å². The van der Waals surface area contributed by atoms with Crippen molar-refractivity contribution in [1.29, 1.82) is 0 Å². The van der Waals surface area contributed by atoms with Gasteiger partial charge in [-0.05, 0) is 68.6 Å². The number of rotatable bonds is 3. The minimum atomic E-state index is -1.51. The van der Waals surface area contributed by atoms with Crippen molar-refractivity contribution in [1.82, 2.24) is 5.32 Å². The van der Waals surface area contributed by atoms with Gasteiger partial charge in [0.2, 0.25) is 0 Å². The molecular weight excluding hydrogens is 414 g/mol. The second kappa shape index (κ2) is 7.64. The third-order valence-electron chi connectivity index (χ3n) is 9.67. The van der Waals surface area contributed by atoms with E-state index in [-0.39, 0.29) is 40.9 Å². The first kappa shape index (κ1) is 22.5. The summed E-state index contributed by atoms with van der Waals surface area (Å²) in [5.74, 6) is 0.0366. The molecule has 0 spiro atoms. The lowest BCUT2D eigenvalue weighted by atomic mass is 9.46. The van der Waals surface area contributed by atoms with Crippen molar-refractivity contribution in [2.24, 2.45) is 28.6 Å². The van der Waals surface area contributed by atoms with E-state index in [1.165, 1.54) is 0 Å². The van der Waals surface area contributed by atoms with Gasteiger partial charge >= 0.3 is 0 Å². The second-order valence-electron chi connectivity index (χ2n) is 11.2. The molecule has 0 heterocycles. The zero-order valence-electron chi connectivity index (χ0n) is 19.8. The fourth-order valence-corrected chi connectivity index (χ4v) is 7.84. The van der Waals surface area contributed by atoms with E-state index in [9.17, 15) is 19.8 Å². The van der Waals surface area contributed by atoms with Crippen LogP contribution in [0, 0.1) is 28.6 Å². The maximum absolute atomic E-state index is 13.5. The number of hydrogen-bond acceptors (Lipinski definition) is 4. The van der Waals surface area contributed by atoms with Gasteiger partial charge in [-0.15, -0.1) is 0 Å². The van der Waals surface area contributed by atoms with Crippen LogP contribution < -0.4 is 5.32 Å². The number of benzene rings is 1. The predicted molar refractivity (Wildman–Crippen MR) is 126 cm³/mol. The monoisotopic (exact) mass is 449 g/mol. The van der Waals surface area contributed by atoms with E-state index in [2.05, 4.69) is 12.2 Å². The van der Waals surface area contributed by atoms with Crippen LogP contribution in [0.25, 0.3) is 0 Å². The van der Waals surface area contributed by atoms with Crippen LogP contribution in [0.2, 0.25) is 0 Å². The molecule has 3 fully saturated rings. The van der Waals surface area contributed by atoms with Gasteiger partial charge in [-0.3, -0.25) is 9.59 Å². The van der Waals surface area contributed by atoms with Crippen LogP contribution in [0.1, 0.15) is 64.5 Å². The standard InChI is InChI=1S/C28H35NO4/c1-17(18-7-5-4-6-8-18)29-25(32)28(33)14-12-22-21-10-9-19-15-20(30)11-13-26(19,2)24(21)23(31)16-27(22,28)3/h4-8,11,13,15,17,21-24,31,33H,9-10,12,14,16H2,1-3H3,(H,29,32)/t17-,21?,22?,23-,24?,26?,27?,28-/m0/s1. The molecule has 0 saturated heterocycles. The fourth-order valence-electron chi connectivity index (χ4n) is 7.84. The van der Waals surface area contributed by atoms with Crippen molar-refractivity contribution in [2.75, 3.05) is 0 Å². The Morgan fingerprint density at radius 2 is 1.91 bits per heavy atom. The summed E-state index contributed by atoms with van der Waals surface area (Å²) in [4.78, 5) is 25.5. The Hall–Kier alpha value is -2.24. The normalized spacial score (nSPS) is 42.6. The van der Waals surface area contributed by atoms with Crippen molar-refractivity contribution < 1.29 is 19.8 Å². The Morgan fingerprint density at radius 1 is 1.18 bits per heavy atom. The van der Waals surface area contributed by atoms with Gasteiger partial charge in [0.05, 0.1) is 12.1 Å². The van der Waals surface area contributed by atoms with Crippen LogP contribution in [0.4, 0.5) is 0 Å². The molecule has 0 aromatic heterocycles. The van der Waals surface area contributed by atoms with Crippen molar-refractivity contribution >= 4 is 11.7 Å². The number of ketones is 1. The van der Waals surface area contributed by atoms with Crippen LogP contribution in [0.15, 0.2) is 54.1 Å². The van der Waals surface area contributed by atoms with E-state index >= 15 is 0 Å². The summed E-state index contributed by atoms with van der Waals surface area (Å²) < 4.78 is 0. The summed E-state index contributed by atoms with van der Waals surface area (Å²) in [6.07, 6.45) is 7.99. The maximum Gasteiger partial charge on any atom is 0.253 e. The zero-order valence-corrected chi connectivity index (χ0v) is 19.8. The molecule has 0 aliphatic heterocycles. The van der Waals surface area contributed by atoms with Gasteiger partial charge in [-0.1, -0.05) is 55.8 Å². The molecular formula is C28H35NO4. The van der Waals surface area contributed by atoms with Crippen molar-refractivity contribution in [3.63, 3.8) is 0 Å². The number of carbonyl (C=O) groups is 2. The van der Waals surface area contributed by atoms with Gasteiger partial charge in [0, 0.05) is 16.7 Å². The van der Waals surface area contributed by atoms with Gasteiger partial charge in [0.15, 0.2) is 5.78 Å². The largest absolute Gasteiger partial charge is 0.393 e. The summed E-state index contributed by atoms with van der Waals surface area (Å²) >= 11 is 0. The smallest absolute Gasteiger partial charge is 0.253 e. The average molecular weight is 450 g/mol. The van der Waals surface area contributed by atoms with Crippen LogP contribution in [0.5, 0.6) is 0 Å². The van der Waals surface area contributed by atoms with Crippen LogP contribution in [-0.2, 0) is 9.59 Å². The molecule has 33 heavy (non-hydrogen) atoms. The second-order valence-corrected chi connectivity index (χ2v) is 11.2. The molecule has 3 N–H and O–H groups in total. The van der Waals surface area contributed by atoms with Crippen molar-refractivity contribution in [3.05, 3.63) is 59.7 Å². The number of nitrogens with one attached hydrogen (secondary N) is 1. The summed E-state index contributed by atoms with van der Waals surface area (Å²) in [5, 5.41) is 26.4. The van der Waals surface area contributed by atoms with Gasteiger partial charge in [0.1, 0.15) is 5.60 Å². The summed E-state index contributed by atoms with van der Waals surface area (Å²) in [6.45, 7) is 6.08. The topological polar surface area (TPSA) is 86.6 Å². The van der Waals surface area contributed by atoms with Crippen LogP contribution >= 0.6 is 0 Å². The van der Waals surface area contributed by atoms with Crippen molar-refractivity contribution in [3.8, 4) is 0 Å². The maximum atomic E-state index is 13.5. The number of aliphatic hydroxyl groups is 2. The molecule has 176 valence electrons. The predicted octanol–water partition coefficient (Wildman–Crippen LogP) is 3.87. The molecule has 1 aromatic rings. The summed E-state index contributed by atoms with van der Waals surface area (Å²) in [5.41, 5.74) is -0.442. The van der Waals surface area contributed by atoms with E-state index in [4.69, 9.17) is 0 Å². The Kier molecular flexibility index (Phi) is 5.22. The molecule has 5 unspecified atom stereocenters. The van der Waals surface area contributed by atoms with E-state index in [1.807, 2.05) is 50.3 Å². The molecule has 5 heteroatoms. The van der Waals surface area contributed by atoms with E-state index in [0.29, 0.717) is 12.8 Å². The number of allylic oxidation sites excluding steroid dienone is 4. The number of hydrogen-bond donors (Lipinski definition) is 3. The summed E-state index contributed by atoms with van der Waals surface area (Å²) in [6, 6.07) is 9.56. The first-order valence-electron chi connectivity index (χ1n) is 12.3. The molecule has 1 aromatic carbocycles. The Bertz CT molecular complexity index is 1030.